The first kappa shape index (κ1) is 11.6. The molecule has 2 rings (SSSR count). The topological polar surface area (TPSA) is 52.6 Å². The van der Waals surface area contributed by atoms with Crippen LogP contribution in [0.25, 0.3) is 0 Å². The van der Waals surface area contributed by atoms with E-state index in [4.69, 9.17) is 0 Å². The van der Waals surface area contributed by atoms with Gasteiger partial charge in [0, 0.05) is 42.0 Å². The number of aliphatic hydroxyl groups is 1. The highest BCUT2D eigenvalue weighted by atomic mass is 127. The first-order chi connectivity index (χ1) is 7.16. The van der Waals surface area contributed by atoms with E-state index >= 15 is 0 Å². The normalized spacial score (nSPS) is 26.3. The molecule has 1 atom stereocenters. The second-order valence-corrected chi connectivity index (χ2v) is 5.84. The summed E-state index contributed by atoms with van der Waals surface area (Å²) < 4.78 is 2.23. The Labute approximate surface area is 104 Å². The Bertz CT molecular complexity index is 238. The molecule has 86 valence electrons. The van der Waals surface area contributed by atoms with Crippen LogP contribution >= 0.6 is 22.9 Å². The van der Waals surface area contributed by atoms with Gasteiger partial charge in [-0.2, -0.15) is 0 Å². The van der Waals surface area contributed by atoms with Gasteiger partial charge in [0.25, 0.3) is 0 Å². The summed E-state index contributed by atoms with van der Waals surface area (Å²) in [6, 6.07) is 0.261. The molecule has 0 bridgehead atoms. The molecule has 2 aliphatic rings. The Morgan fingerprint density at radius 3 is 2.47 bits per heavy atom. The summed E-state index contributed by atoms with van der Waals surface area (Å²) in [5.41, 5.74) is 0. The second kappa shape index (κ2) is 4.97. The van der Waals surface area contributed by atoms with E-state index in [1.54, 1.807) is 0 Å². The highest BCUT2D eigenvalue weighted by molar-refractivity contribution is 14.1. The van der Waals surface area contributed by atoms with E-state index in [-0.39, 0.29) is 17.9 Å². The lowest BCUT2D eigenvalue weighted by Gasteiger charge is -2.28. The highest BCUT2D eigenvalue weighted by Gasteiger charge is 2.35. The molecule has 0 aromatic rings. The van der Waals surface area contributed by atoms with Gasteiger partial charge in [-0.25, -0.2) is 3.11 Å². The minimum Gasteiger partial charge on any atom is -0.383 e. The smallest absolute Gasteiger partial charge is 0.249 e. The van der Waals surface area contributed by atoms with Crippen LogP contribution in [0.15, 0.2) is 0 Å². The Balaban J connectivity index is 1.73. The third kappa shape index (κ3) is 3.29. The number of rotatable bonds is 3. The number of aliphatic hydroxyl groups excluding tert-OH is 1. The maximum absolute atomic E-state index is 11.6. The van der Waals surface area contributed by atoms with Gasteiger partial charge in [0.2, 0.25) is 5.91 Å². The van der Waals surface area contributed by atoms with Crippen LogP contribution in [-0.4, -0.2) is 39.4 Å². The molecule has 1 aliphatic carbocycles. The van der Waals surface area contributed by atoms with Gasteiger partial charge in [0.15, 0.2) is 0 Å². The SMILES string of the molecule is O=C(NC1CCN(I)CC1)C(O)C1CC1. The number of hydrogen-bond donors (Lipinski definition) is 2. The van der Waals surface area contributed by atoms with Crippen molar-refractivity contribution in [1.29, 1.82) is 0 Å². The van der Waals surface area contributed by atoms with Crippen molar-refractivity contribution < 1.29 is 9.90 Å². The molecule has 2 N–H and O–H groups in total. The van der Waals surface area contributed by atoms with E-state index in [9.17, 15) is 9.90 Å². The summed E-state index contributed by atoms with van der Waals surface area (Å²) in [6.45, 7) is 2.04. The van der Waals surface area contributed by atoms with Crippen LogP contribution in [0.5, 0.6) is 0 Å². The first-order valence-corrected chi connectivity index (χ1v) is 6.52. The van der Waals surface area contributed by atoms with Crippen molar-refractivity contribution >= 4 is 28.8 Å². The Morgan fingerprint density at radius 1 is 1.33 bits per heavy atom. The van der Waals surface area contributed by atoms with Crippen molar-refractivity contribution in [2.75, 3.05) is 13.1 Å². The number of carbonyl (C=O) groups is 1. The van der Waals surface area contributed by atoms with Crippen LogP contribution in [0.3, 0.4) is 0 Å². The van der Waals surface area contributed by atoms with Crippen LogP contribution in [0.2, 0.25) is 0 Å². The Morgan fingerprint density at radius 2 is 1.93 bits per heavy atom. The summed E-state index contributed by atoms with van der Waals surface area (Å²) in [7, 11) is 0. The maximum Gasteiger partial charge on any atom is 0.249 e. The molecule has 0 spiro atoms. The van der Waals surface area contributed by atoms with Crippen LogP contribution in [0.4, 0.5) is 0 Å². The van der Waals surface area contributed by atoms with E-state index in [1.165, 1.54) is 0 Å². The van der Waals surface area contributed by atoms with Crippen molar-refractivity contribution in [3.05, 3.63) is 0 Å². The molecule has 0 aromatic heterocycles. The van der Waals surface area contributed by atoms with Crippen molar-refractivity contribution in [1.82, 2.24) is 8.43 Å². The van der Waals surface area contributed by atoms with Crippen molar-refractivity contribution in [3.8, 4) is 0 Å². The standard InChI is InChI=1S/C10H17IN2O2/c11-13-5-3-8(4-6-13)12-10(15)9(14)7-1-2-7/h7-9,14H,1-6H2,(H,12,15). The molecular weight excluding hydrogens is 307 g/mol. The molecule has 1 heterocycles. The number of nitrogens with zero attached hydrogens (tertiary/aromatic N) is 1. The van der Waals surface area contributed by atoms with Gasteiger partial charge in [-0.05, 0) is 31.6 Å². The lowest BCUT2D eigenvalue weighted by Crippen LogP contribution is -2.46. The zero-order chi connectivity index (χ0) is 10.8. The molecule has 1 unspecified atom stereocenters. The van der Waals surface area contributed by atoms with E-state index in [2.05, 4.69) is 31.3 Å². The summed E-state index contributed by atoms with van der Waals surface area (Å²) in [5.74, 6) is 0.0686. The monoisotopic (exact) mass is 324 g/mol. The maximum atomic E-state index is 11.6. The van der Waals surface area contributed by atoms with Gasteiger partial charge >= 0.3 is 0 Å². The van der Waals surface area contributed by atoms with E-state index < -0.39 is 6.10 Å². The third-order valence-corrected chi connectivity index (χ3v) is 4.09. The van der Waals surface area contributed by atoms with E-state index in [0.29, 0.717) is 0 Å². The molecule has 1 amide bonds. The third-order valence-electron chi connectivity index (χ3n) is 3.12. The lowest BCUT2D eigenvalue weighted by molar-refractivity contribution is -0.131. The van der Waals surface area contributed by atoms with Gasteiger partial charge < -0.3 is 10.4 Å². The summed E-state index contributed by atoms with van der Waals surface area (Å²) in [5, 5.41) is 12.6. The highest BCUT2D eigenvalue weighted by Crippen LogP contribution is 2.32. The molecule has 4 nitrogen and oxygen atoms in total. The second-order valence-electron chi connectivity index (χ2n) is 4.47. The number of amides is 1. The zero-order valence-corrected chi connectivity index (χ0v) is 10.8. The van der Waals surface area contributed by atoms with Gasteiger partial charge in [0.05, 0.1) is 0 Å². The quantitative estimate of drug-likeness (QED) is 0.593. The molecule has 0 radical (unpaired) electrons. The zero-order valence-electron chi connectivity index (χ0n) is 8.66. The molecular formula is C10H17IN2O2. The summed E-state index contributed by atoms with van der Waals surface area (Å²) >= 11 is 2.31. The van der Waals surface area contributed by atoms with E-state index in [0.717, 1.165) is 38.8 Å². The van der Waals surface area contributed by atoms with Crippen molar-refractivity contribution in [2.24, 2.45) is 5.92 Å². The number of piperidine rings is 1. The van der Waals surface area contributed by atoms with Crippen LogP contribution in [-0.2, 0) is 4.79 Å². The Kier molecular flexibility index (Phi) is 3.84. The van der Waals surface area contributed by atoms with E-state index in [1.807, 2.05) is 0 Å². The van der Waals surface area contributed by atoms with Gasteiger partial charge in [-0.3, -0.25) is 4.79 Å². The largest absolute Gasteiger partial charge is 0.383 e. The average Bonchev–Trinajstić information content (AvgIpc) is 3.04. The number of carbonyl (C=O) groups excluding carboxylic acids is 1. The first-order valence-electron chi connectivity index (χ1n) is 5.56. The molecule has 1 saturated heterocycles. The van der Waals surface area contributed by atoms with Gasteiger partial charge in [-0.15, -0.1) is 0 Å². The number of halogens is 1. The van der Waals surface area contributed by atoms with Crippen LogP contribution < -0.4 is 5.32 Å². The molecule has 5 heteroatoms. The summed E-state index contributed by atoms with van der Waals surface area (Å²) in [6.07, 6.45) is 3.22. The van der Waals surface area contributed by atoms with Crippen LogP contribution in [0, 0.1) is 5.92 Å². The fourth-order valence-electron chi connectivity index (χ4n) is 1.90. The minimum atomic E-state index is -0.761. The average molecular weight is 324 g/mol. The minimum absolute atomic E-state index is 0.163. The van der Waals surface area contributed by atoms with Crippen molar-refractivity contribution in [3.63, 3.8) is 0 Å². The number of nitrogens with one attached hydrogen (secondary N) is 1. The number of hydrogen-bond acceptors (Lipinski definition) is 3. The van der Waals surface area contributed by atoms with Gasteiger partial charge in [-0.1, -0.05) is 0 Å². The van der Waals surface area contributed by atoms with Crippen molar-refractivity contribution in [2.45, 2.75) is 37.8 Å². The molecule has 15 heavy (non-hydrogen) atoms. The molecule has 0 aromatic carbocycles. The lowest BCUT2D eigenvalue weighted by atomic mass is 10.1. The fourth-order valence-corrected chi connectivity index (χ4v) is 2.46. The molecule has 1 saturated carbocycles. The van der Waals surface area contributed by atoms with Gasteiger partial charge in [0.1, 0.15) is 6.10 Å². The predicted octanol–water partition coefficient (Wildman–Crippen LogP) is 0.688. The predicted molar refractivity (Wildman–Crippen MR) is 65.5 cm³/mol. The molecule has 2 fully saturated rings. The summed E-state index contributed by atoms with van der Waals surface area (Å²) in [4.78, 5) is 11.6. The van der Waals surface area contributed by atoms with Crippen LogP contribution in [0.1, 0.15) is 25.7 Å². The fraction of sp³-hybridized carbons (Fsp3) is 0.900. The molecule has 1 aliphatic heterocycles. The Hall–Kier alpha value is 0.120.